The molecule has 3 atom stereocenters. The molecule has 2 aliphatic rings. The van der Waals surface area contributed by atoms with Crippen molar-refractivity contribution in [2.45, 2.75) is 24.7 Å². The maximum atomic E-state index is 3.79. The fourth-order valence-corrected chi connectivity index (χ4v) is 7.98. The predicted octanol–water partition coefficient (Wildman–Crippen LogP) is 8.21. The maximum absolute atomic E-state index is 3.79. The topological polar surface area (TPSA) is 53.1 Å². The number of rotatable bonds is 4. The quantitative estimate of drug-likeness (QED) is 0.167. The van der Waals surface area contributed by atoms with E-state index in [9.17, 15) is 0 Å². The summed E-state index contributed by atoms with van der Waals surface area (Å²) >= 11 is 1.87. The molecule has 4 N–H and O–H groups in total. The molecular formula is C38H31N5S. The normalized spacial score (nSPS) is 22.0. The lowest BCUT2D eigenvalue weighted by Crippen LogP contribution is -2.59. The number of thiophene rings is 1. The van der Waals surface area contributed by atoms with Gasteiger partial charge in [0, 0.05) is 37.1 Å². The van der Waals surface area contributed by atoms with Crippen LogP contribution < -0.4 is 21.3 Å². The van der Waals surface area contributed by atoms with Crippen molar-refractivity contribution >= 4 is 53.3 Å². The third-order valence-corrected chi connectivity index (χ3v) is 10.1. The van der Waals surface area contributed by atoms with E-state index in [0.29, 0.717) is 0 Å². The van der Waals surface area contributed by atoms with Crippen LogP contribution in [0.3, 0.4) is 0 Å². The summed E-state index contributed by atoms with van der Waals surface area (Å²) in [4.78, 5) is 0. The minimum Gasteiger partial charge on any atom is -0.367 e. The second-order valence-corrected chi connectivity index (χ2v) is 12.7. The van der Waals surface area contributed by atoms with Gasteiger partial charge in [-0.25, -0.2) is 0 Å². The molecule has 2 aliphatic heterocycles. The fraction of sp³-hybridized carbons (Fsp3) is 0.105. The van der Waals surface area contributed by atoms with Crippen molar-refractivity contribution in [2.75, 3.05) is 0 Å². The summed E-state index contributed by atoms with van der Waals surface area (Å²) in [7, 11) is 0. The number of benzene rings is 5. The van der Waals surface area contributed by atoms with Gasteiger partial charge in [-0.15, -0.1) is 11.3 Å². The molecule has 5 nitrogen and oxygen atoms in total. The van der Waals surface area contributed by atoms with E-state index in [1.807, 2.05) is 11.3 Å². The van der Waals surface area contributed by atoms with Crippen LogP contribution in [0.2, 0.25) is 0 Å². The molecule has 214 valence electrons. The molecule has 0 radical (unpaired) electrons. The van der Waals surface area contributed by atoms with Crippen LogP contribution in [0.4, 0.5) is 0 Å². The Labute approximate surface area is 259 Å². The van der Waals surface area contributed by atoms with Crippen LogP contribution >= 0.6 is 11.3 Å². The van der Waals surface area contributed by atoms with Gasteiger partial charge in [0.15, 0.2) is 0 Å². The highest BCUT2D eigenvalue weighted by molar-refractivity contribution is 7.25. The summed E-state index contributed by atoms with van der Waals surface area (Å²) in [6, 6.07) is 43.5. The Balaban J connectivity index is 1.08. The number of nitrogens with one attached hydrogen (secondary N) is 4. The highest BCUT2D eigenvalue weighted by atomic mass is 32.1. The summed E-state index contributed by atoms with van der Waals surface area (Å²) < 4.78 is 5.10. The molecule has 0 bridgehead atoms. The SMILES string of the molecule is C1=CC(n2c3ccccc3c3cc4c(cc32)sc2ccccc24)NC=C1C1NC(c2ccccc2)NC(c2ccccc2)N1. The van der Waals surface area contributed by atoms with Gasteiger partial charge in [0.1, 0.15) is 6.17 Å². The van der Waals surface area contributed by atoms with Crippen LogP contribution in [0.25, 0.3) is 42.0 Å². The Bertz CT molecular complexity index is 2160. The first-order chi connectivity index (χ1) is 21.8. The Kier molecular flexibility index (Phi) is 6.13. The molecule has 4 heterocycles. The molecule has 0 spiro atoms. The summed E-state index contributed by atoms with van der Waals surface area (Å²) in [6.45, 7) is 0. The van der Waals surface area contributed by atoms with E-state index >= 15 is 0 Å². The van der Waals surface area contributed by atoms with Gasteiger partial charge < -0.3 is 9.88 Å². The van der Waals surface area contributed by atoms with E-state index in [4.69, 9.17) is 0 Å². The molecule has 1 saturated heterocycles. The number of hydrogen-bond donors (Lipinski definition) is 4. The summed E-state index contributed by atoms with van der Waals surface area (Å²) in [5.41, 5.74) is 6.07. The lowest BCUT2D eigenvalue weighted by Gasteiger charge is -2.40. The van der Waals surface area contributed by atoms with E-state index in [1.54, 1.807) is 0 Å². The van der Waals surface area contributed by atoms with Crippen molar-refractivity contribution in [3.05, 3.63) is 156 Å². The lowest BCUT2D eigenvalue weighted by molar-refractivity contribution is 0.223. The van der Waals surface area contributed by atoms with Gasteiger partial charge in [-0.05, 0) is 47.0 Å². The fourth-order valence-electron chi connectivity index (χ4n) is 6.86. The number of hydrogen-bond acceptors (Lipinski definition) is 5. The van der Waals surface area contributed by atoms with Crippen LogP contribution in [0.1, 0.15) is 29.6 Å². The monoisotopic (exact) mass is 589 g/mol. The number of fused-ring (bicyclic) bond motifs is 6. The van der Waals surface area contributed by atoms with E-state index < -0.39 is 0 Å². The van der Waals surface area contributed by atoms with Gasteiger partial charge in [-0.3, -0.25) is 16.0 Å². The van der Waals surface area contributed by atoms with Gasteiger partial charge in [0.25, 0.3) is 0 Å². The molecule has 7 aromatic rings. The van der Waals surface area contributed by atoms with Crippen molar-refractivity contribution in [3.8, 4) is 0 Å². The van der Waals surface area contributed by atoms with Crippen LogP contribution in [0, 0.1) is 0 Å². The molecule has 3 unspecified atom stereocenters. The third-order valence-electron chi connectivity index (χ3n) is 8.98. The molecule has 0 amide bonds. The van der Waals surface area contributed by atoms with Gasteiger partial charge in [-0.1, -0.05) is 103 Å². The highest BCUT2D eigenvalue weighted by Crippen LogP contribution is 2.40. The Morgan fingerprint density at radius 1 is 0.523 bits per heavy atom. The number of nitrogens with zero attached hydrogens (tertiary/aromatic N) is 1. The van der Waals surface area contributed by atoms with Crippen molar-refractivity contribution in [3.63, 3.8) is 0 Å². The molecule has 0 aliphatic carbocycles. The standard InChI is InChI=1S/C38H31N5S/c1-3-11-24(12-4-1)36-40-37(25-13-5-2-6-14-25)42-38(41-36)26-19-20-35(39-23-26)43-31-17-9-7-15-27(31)29-21-30-28-16-8-10-18-33(28)44-34(30)22-32(29)43/h1-23,35-42H. The molecule has 9 rings (SSSR count). The summed E-state index contributed by atoms with van der Waals surface area (Å²) in [6.07, 6.45) is 6.67. The van der Waals surface area contributed by atoms with Crippen molar-refractivity contribution in [1.82, 2.24) is 25.8 Å². The average Bonchev–Trinajstić information content (AvgIpc) is 3.62. The molecule has 5 aromatic carbocycles. The highest BCUT2D eigenvalue weighted by Gasteiger charge is 2.31. The van der Waals surface area contributed by atoms with Crippen LogP contribution in [0.5, 0.6) is 0 Å². The first kappa shape index (κ1) is 25.7. The number of aromatic nitrogens is 1. The predicted molar refractivity (Wildman–Crippen MR) is 183 cm³/mol. The van der Waals surface area contributed by atoms with Crippen molar-refractivity contribution < 1.29 is 0 Å². The minimum absolute atomic E-state index is 0.000679. The van der Waals surface area contributed by atoms with Gasteiger partial charge in [0.05, 0.1) is 29.5 Å². The second-order valence-electron chi connectivity index (χ2n) is 11.6. The largest absolute Gasteiger partial charge is 0.367 e. The molecular weight excluding hydrogens is 559 g/mol. The van der Waals surface area contributed by atoms with Gasteiger partial charge in [0.2, 0.25) is 0 Å². The summed E-state index contributed by atoms with van der Waals surface area (Å²) in [5, 5.41) is 20.3. The number of para-hydroxylation sites is 1. The smallest absolute Gasteiger partial charge is 0.123 e. The molecule has 1 fully saturated rings. The van der Waals surface area contributed by atoms with Crippen LogP contribution in [-0.4, -0.2) is 10.7 Å². The Hall–Kier alpha value is -4.72. The van der Waals surface area contributed by atoms with E-state index in [0.717, 1.165) is 5.57 Å². The lowest BCUT2D eigenvalue weighted by atomic mass is 10.0. The van der Waals surface area contributed by atoms with Gasteiger partial charge in [-0.2, -0.15) is 0 Å². The summed E-state index contributed by atoms with van der Waals surface area (Å²) in [5.74, 6) is 0. The van der Waals surface area contributed by atoms with Crippen LogP contribution in [0.15, 0.2) is 145 Å². The van der Waals surface area contributed by atoms with Crippen molar-refractivity contribution in [1.29, 1.82) is 0 Å². The first-order valence-electron chi connectivity index (χ1n) is 15.2. The second kappa shape index (κ2) is 10.5. The van der Waals surface area contributed by atoms with Crippen LogP contribution in [-0.2, 0) is 0 Å². The van der Waals surface area contributed by atoms with Gasteiger partial charge >= 0.3 is 0 Å². The van der Waals surface area contributed by atoms with E-state index in [1.165, 1.54) is 53.1 Å². The molecule has 44 heavy (non-hydrogen) atoms. The molecule has 6 heteroatoms. The van der Waals surface area contributed by atoms with E-state index in [-0.39, 0.29) is 24.7 Å². The zero-order valence-electron chi connectivity index (χ0n) is 23.9. The third kappa shape index (κ3) is 4.26. The Morgan fingerprint density at radius 2 is 1.16 bits per heavy atom. The molecule has 0 saturated carbocycles. The van der Waals surface area contributed by atoms with Crippen molar-refractivity contribution in [2.24, 2.45) is 0 Å². The average molecular weight is 590 g/mol. The maximum Gasteiger partial charge on any atom is 0.123 e. The first-order valence-corrected chi connectivity index (χ1v) is 16.0. The minimum atomic E-state index is -0.0484. The Morgan fingerprint density at radius 3 is 1.86 bits per heavy atom. The zero-order chi connectivity index (χ0) is 29.0. The number of dihydropyridines is 1. The zero-order valence-corrected chi connectivity index (χ0v) is 24.8. The van der Waals surface area contributed by atoms with E-state index in [2.05, 4.69) is 166 Å². The molecule has 2 aromatic heterocycles.